The number of pyridine rings is 1. The molecule has 1 aromatic heterocycles. The fourth-order valence-electron chi connectivity index (χ4n) is 2.17. The van der Waals surface area contributed by atoms with Crippen molar-refractivity contribution < 1.29 is 9.84 Å². The summed E-state index contributed by atoms with van der Waals surface area (Å²) in [6.45, 7) is 0.338. The number of ether oxygens (including phenoxy) is 1. The first kappa shape index (κ1) is 13.5. The lowest BCUT2D eigenvalue weighted by atomic mass is 9.90. The van der Waals surface area contributed by atoms with Crippen molar-refractivity contribution in [1.29, 1.82) is 0 Å². The van der Waals surface area contributed by atoms with Crippen molar-refractivity contribution >= 4 is 0 Å². The second-order valence-electron chi connectivity index (χ2n) is 4.32. The van der Waals surface area contributed by atoms with Gasteiger partial charge in [0.2, 0.25) is 0 Å². The van der Waals surface area contributed by atoms with Crippen LogP contribution in [0.4, 0.5) is 0 Å². The molecule has 0 bridgehead atoms. The molecule has 19 heavy (non-hydrogen) atoms. The van der Waals surface area contributed by atoms with Crippen LogP contribution in [0.3, 0.4) is 0 Å². The summed E-state index contributed by atoms with van der Waals surface area (Å²) in [5.74, 6) is 0.461. The van der Waals surface area contributed by atoms with Crippen LogP contribution in [-0.4, -0.2) is 23.7 Å². The number of aliphatic hydroxyl groups is 1. The molecule has 2 unspecified atom stereocenters. The van der Waals surface area contributed by atoms with E-state index < -0.39 is 6.10 Å². The molecule has 2 rings (SSSR count). The highest BCUT2D eigenvalue weighted by Gasteiger charge is 2.24. The van der Waals surface area contributed by atoms with E-state index in [1.165, 1.54) is 0 Å². The summed E-state index contributed by atoms with van der Waals surface area (Å²) in [4.78, 5) is 4.07. The number of rotatable bonds is 5. The van der Waals surface area contributed by atoms with Crippen molar-refractivity contribution in [3.8, 4) is 5.75 Å². The minimum absolute atomic E-state index is 0.204. The van der Waals surface area contributed by atoms with E-state index in [2.05, 4.69) is 4.98 Å². The molecule has 0 aliphatic heterocycles. The van der Waals surface area contributed by atoms with Crippen LogP contribution in [0, 0.1) is 0 Å². The van der Waals surface area contributed by atoms with Gasteiger partial charge in [-0.1, -0.05) is 24.3 Å². The van der Waals surface area contributed by atoms with Crippen LogP contribution in [-0.2, 0) is 0 Å². The molecule has 3 N–H and O–H groups in total. The molecule has 0 amide bonds. The maximum Gasteiger partial charge on any atom is 0.124 e. The largest absolute Gasteiger partial charge is 0.496 e. The SMILES string of the molecule is COc1ccccc1C(O)C(CN)c1cccnc1. The van der Waals surface area contributed by atoms with Gasteiger partial charge in [0, 0.05) is 30.4 Å². The highest BCUT2D eigenvalue weighted by molar-refractivity contribution is 5.37. The molecular weight excluding hydrogens is 240 g/mol. The van der Waals surface area contributed by atoms with Crippen LogP contribution in [0.1, 0.15) is 23.1 Å². The first-order valence-corrected chi connectivity index (χ1v) is 6.19. The zero-order valence-corrected chi connectivity index (χ0v) is 10.9. The third kappa shape index (κ3) is 2.92. The summed E-state index contributed by atoms with van der Waals surface area (Å²) >= 11 is 0. The van der Waals surface area contributed by atoms with Gasteiger partial charge < -0.3 is 15.6 Å². The van der Waals surface area contributed by atoms with Crippen molar-refractivity contribution in [3.63, 3.8) is 0 Å². The molecule has 1 aromatic carbocycles. The summed E-state index contributed by atoms with van der Waals surface area (Å²) in [5, 5.41) is 10.6. The lowest BCUT2D eigenvalue weighted by Gasteiger charge is -2.23. The van der Waals surface area contributed by atoms with Gasteiger partial charge in [-0.15, -0.1) is 0 Å². The second kappa shape index (κ2) is 6.31. The standard InChI is InChI=1S/C15H18N2O2/c1-19-14-7-3-2-6-12(14)15(18)13(9-16)11-5-4-8-17-10-11/h2-8,10,13,15,18H,9,16H2,1H3. The number of benzene rings is 1. The van der Waals surface area contributed by atoms with Gasteiger partial charge in [0.15, 0.2) is 0 Å². The van der Waals surface area contributed by atoms with Crippen LogP contribution in [0.5, 0.6) is 5.75 Å². The van der Waals surface area contributed by atoms with Gasteiger partial charge >= 0.3 is 0 Å². The van der Waals surface area contributed by atoms with Gasteiger partial charge in [0.05, 0.1) is 13.2 Å². The van der Waals surface area contributed by atoms with E-state index in [9.17, 15) is 5.11 Å². The molecule has 0 saturated heterocycles. The van der Waals surface area contributed by atoms with Crippen LogP contribution in [0.15, 0.2) is 48.8 Å². The Hall–Kier alpha value is -1.91. The lowest BCUT2D eigenvalue weighted by Crippen LogP contribution is -2.20. The third-order valence-corrected chi connectivity index (χ3v) is 3.21. The van der Waals surface area contributed by atoms with E-state index in [0.29, 0.717) is 12.3 Å². The molecule has 100 valence electrons. The van der Waals surface area contributed by atoms with Crippen molar-refractivity contribution in [3.05, 3.63) is 59.9 Å². The quantitative estimate of drug-likeness (QED) is 0.859. The van der Waals surface area contributed by atoms with Gasteiger partial charge in [-0.25, -0.2) is 0 Å². The zero-order valence-electron chi connectivity index (χ0n) is 10.9. The average Bonchev–Trinajstić information content (AvgIpc) is 2.49. The van der Waals surface area contributed by atoms with Crippen LogP contribution in [0.25, 0.3) is 0 Å². The number of hydrogen-bond acceptors (Lipinski definition) is 4. The van der Waals surface area contributed by atoms with Crippen LogP contribution >= 0.6 is 0 Å². The van der Waals surface area contributed by atoms with Crippen molar-refractivity contribution in [2.24, 2.45) is 5.73 Å². The Bertz CT molecular complexity index is 517. The first-order valence-electron chi connectivity index (χ1n) is 6.19. The Morgan fingerprint density at radius 2 is 2.05 bits per heavy atom. The number of para-hydroxylation sites is 1. The Labute approximate surface area is 112 Å². The van der Waals surface area contributed by atoms with Gasteiger partial charge in [-0.05, 0) is 17.7 Å². The molecule has 2 aromatic rings. The molecule has 0 aliphatic carbocycles. The fourth-order valence-corrected chi connectivity index (χ4v) is 2.17. The molecule has 0 radical (unpaired) electrons. The number of methoxy groups -OCH3 is 1. The smallest absolute Gasteiger partial charge is 0.124 e. The van der Waals surface area contributed by atoms with Gasteiger partial charge in [0.1, 0.15) is 5.75 Å². The van der Waals surface area contributed by atoms with Crippen molar-refractivity contribution in [1.82, 2.24) is 4.98 Å². The Morgan fingerprint density at radius 3 is 2.68 bits per heavy atom. The van der Waals surface area contributed by atoms with E-state index in [1.54, 1.807) is 19.5 Å². The predicted molar refractivity (Wildman–Crippen MR) is 74.0 cm³/mol. The average molecular weight is 258 g/mol. The summed E-state index contributed by atoms with van der Waals surface area (Å²) in [6, 6.07) is 11.2. The molecule has 0 spiro atoms. The Balaban J connectivity index is 2.33. The number of aliphatic hydroxyl groups excluding tert-OH is 1. The van der Waals surface area contributed by atoms with Gasteiger partial charge in [-0.2, -0.15) is 0 Å². The summed E-state index contributed by atoms with van der Waals surface area (Å²) in [7, 11) is 1.59. The second-order valence-corrected chi connectivity index (χ2v) is 4.32. The summed E-state index contributed by atoms with van der Waals surface area (Å²) in [5.41, 5.74) is 7.47. The number of hydrogen-bond donors (Lipinski definition) is 2. The van der Waals surface area contributed by atoms with Gasteiger partial charge in [0.25, 0.3) is 0 Å². The molecule has 2 atom stereocenters. The molecule has 0 aliphatic rings. The Kier molecular flexibility index (Phi) is 4.49. The zero-order chi connectivity index (χ0) is 13.7. The fraction of sp³-hybridized carbons (Fsp3) is 0.267. The van der Waals surface area contributed by atoms with E-state index in [0.717, 1.165) is 11.1 Å². The Morgan fingerprint density at radius 1 is 1.26 bits per heavy atom. The summed E-state index contributed by atoms with van der Waals surface area (Å²) in [6.07, 6.45) is 2.72. The van der Waals surface area contributed by atoms with E-state index >= 15 is 0 Å². The number of nitrogens with zero attached hydrogens (tertiary/aromatic N) is 1. The maximum atomic E-state index is 10.6. The maximum absolute atomic E-state index is 10.6. The summed E-state index contributed by atoms with van der Waals surface area (Å²) < 4.78 is 5.28. The number of nitrogens with two attached hydrogens (primary N) is 1. The minimum Gasteiger partial charge on any atom is -0.496 e. The molecule has 1 heterocycles. The van der Waals surface area contributed by atoms with Crippen LogP contribution in [0.2, 0.25) is 0 Å². The van der Waals surface area contributed by atoms with Crippen molar-refractivity contribution in [2.45, 2.75) is 12.0 Å². The van der Waals surface area contributed by atoms with E-state index in [-0.39, 0.29) is 5.92 Å². The highest BCUT2D eigenvalue weighted by atomic mass is 16.5. The first-order chi connectivity index (χ1) is 9.27. The van der Waals surface area contributed by atoms with E-state index in [1.807, 2.05) is 36.4 Å². The topological polar surface area (TPSA) is 68.4 Å². The normalized spacial score (nSPS) is 13.8. The molecule has 4 heteroatoms. The number of aromatic nitrogens is 1. The molecule has 4 nitrogen and oxygen atoms in total. The van der Waals surface area contributed by atoms with Crippen molar-refractivity contribution in [2.75, 3.05) is 13.7 Å². The molecule has 0 saturated carbocycles. The van der Waals surface area contributed by atoms with Gasteiger partial charge in [-0.3, -0.25) is 4.98 Å². The highest BCUT2D eigenvalue weighted by Crippen LogP contribution is 2.34. The molecular formula is C15H18N2O2. The minimum atomic E-state index is -0.717. The van der Waals surface area contributed by atoms with Crippen LogP contribution < -0.4 is 10.5 Å². The lowest BCUT2D eigenvalue weighted by molar-refractivity contribution is 0.143. The predicted octanol–water partition coefficient (Wildman–Crippen LogP) is 1.87. The third-order valence-electron chi connectivity index (χ3n) is 3.21. The monoisotopic (exact) mass is 258 g/mol. The molecule has 0 fully saturated rings. The van der Waals surface area contributed by atoms with E-state index in [4.69, 9.17) is 10.5 Å².